The van der Waals surface area contributed by atoms with Crippen molar-refractivity contribution in [2.24, 2.45) is 4.99 Å². The van der Waals surface area contributed by atoms with Crippen molar-refractivity contribution in [2.75, 3.05) is 39.3 Å². The van der Waals surface area contributed by atoms with E-state index in [9.17, 15) is 9.18 Å². The lowest BCUT2D eigenvalue weighted by Crippen LogP contribution is -2.39. The third kappa shape index (κ3) is 8.20. The number of nitrogens with zero attached hydrogens (tertiary/aromatic N) is 2. The third-order valence-corrected chi connectivity index (χ3v) is 3.83. The molecule has 1 aliphatic rings. The normalized spacial score (nSPS) is 14.2. The molecule has 0 aromatic heterocycles. The second-order valence-corrected chi connectivity index (χ2v) is 5.83. The molecule has 0 radical (unpaired) electrons. The first-order chi connectivity index (χ1) is 12.2. The zero-order valence-electron chi connectivity index (χ0n) is 15.2. The molecule has 0 atom stereocenters. The van der Waals surface area contributed by atoms with Crippen LogP contribution in [0.4, 0.5) is 4.39 Å². The van der Waals surface area contributed by atoms with Crippen molar-refractivity contribution < 1.29 is 13.9 Å². The minimum atomic E-state index is -0.308. The first-order valence-corrected chi connectivity index (χ1v) is 8.87. The molecule has 0 unspecified atom stereocenters. The SMILES string of the molecule is CCNC(=NCCCN1CCCC1=O)NCCOc1cccc(F)c1.I. The Morgan fingerprint density at radius 2 is 2.23 bits per heavy atom. The van der Waals surface area contributed by atoms with Gasteiger partial charge in [-0.3, -0.25) is 9.79 Å². The van der Waals surface area contributed by atoms with E-state index in [2.05, 4.69) is 15.6 Å². The fourth-order valence-corrected chi connectivity index (χ4v) is 2.63. The quantitative estimate of drug-likeness (QED) is 0.248. The molecule has 0 spiro atoms. The smallest absolute Gasteiger partial charge is 0.222 e. The van der Waals surface area contributed by atoms with E-state index >= 15 is 0 Å². The minimum absolute atomic E-state index is 0. The van der Waals surface area contributed by atoms with Gasteiger partial charge in [0.1, 0.15) is 18.2 Å². The predicted molar refractivity (Wildman–Crippen MR) is 112 cm³/mol. The molecule has 6 nitrogen and oxygen atoms in total. The number of benzene rings is 1. The molecular formula is C18H28FIN4O2. The second kappa shape index (κ2) is 12.7. The summed E-state index contributed by atoms with van der Waals surface area (Å²) in [7, 11) is 0. The van der Waals surface area contributed by atoms with Crippen LogP contribution in [-0.2, 0) is 4.79 Å². The Kier molecular flexibility index (Phi) is 11.0. The van der Waals surface area contributed by atoms with Crippen LogP contribution >= 0.6 is 24.0 Å². The van der Waals surface area contributed by atoms with Crippen LogP contribution in [0.1, 0.15) is 26.2 Å². The molecule has 1 amide bonds. The van der Waals surface area contributed by atoms with Crippen LogP contribution in [-0.4, -0.2) is 56.1 Å². The zero-order valence-corrected chi connectivity index (χ0v) is 17.5. The molecule has 1 aromatic rings. The number of carbonyl (C=O) groups is 1. The second-order valence-electron chi connectivity index (χ2n) is 5.83. The van der Waals surface area contributed by atoms with Gasteiger partial charge in [0.15, 0.2) is 5.96 Å². The van der Waals surface area contributed by atoms with Gasteiger partial charge in [-0.05, 0) is 31.9 Å². The molecule has 1 saturated heterocycles. The number of guanidine groups is 1. The summed E-state index contributed by atoms with van der Waals surface area (Å²) < 4.78 is 18.6. The van der Waals surface area contributed by atoms with Gasteiger partial charge in [0.2, 0.25) is 5.91 Å². The van der Waals surface area contributed by atoms with E-state index < -0.39 is 0 Å². The van der Waals surface area contributed by atoms with Gasteiger partial charge < -0.3 is 20.3 Å². The number of hydrogen-bond acceptors (Lipinski definition) is 3. The molecule has 1 fully saturated rings. The van der Waals surface area contributed by atoms with Gasteiger partial charge in [-0.25, -0.2) is 4.39 Å². The highest BCUT2D eigenvalue weighted by Gasteiger charge is 2.18. The molecule has 1 aromatic carbocycles. The number of nitrogens with one attached hydrogen (secondary N) is 2. The van der Waals surface area contributed by atoms with E-state index in [0.29, 0.717) is 31.9 Å². The number of amides is 1. The zero-order chi connectivity index (χ0) is 17.9. The van der Waals surface area contributed by atoms with Crippen molar-refractivity contribution in [1.82, 2.24) is 15.5 Å². The van der Waals surface area contributed by atoms with Crippen molar-refractivity contribution in [3.63, 3.8) is 0 Å². The van der Waals surface area contributed by atoms with Crippen molar-refractivity contribution >= 4 is 35.8 Å². The largest absolute Gasteiger partial charge is 0.492 e. The highest BCUT2D eigenvalue weighted by molar-refractivity contribution is 14.0. The van der Waals surface area contributed by atoms with Crippen LogP contribution in [0.5, 0.6) is 5.75 Å². The lowest BCUT2D eigenvalue weighted by Gasteiger charge is -2.15. The average molecular weight is 478 g/mol. The predicted octanol–water partition coefficient (Wildman–Crippen LogP) is 2.39. The summed E-state index contributed by atoms with van der Waals surface area (Å²) in [6.45, 7) is 6.04. The highest BCUT2D eigenvalue weighted by Crippen LogP contribution is 2.11. The summed E-state index contributed by atoms with van der Waals surface area (Å²) in [5.74, 6) is 1.18. The molecule has 8 heteroatoms. The molecule has 0 saturated carbocycles. The van der Waals surface area contributed by atoms with E-state index in [1.165, 1.54) is 12.1 Å². The van der Waals surface area contributed by atoms with E-state index in [1.54, 1.807) is 12.1 Å². The number of carbonyl (C=O) groups excluding carboxylic acids is 1. The Morgan fingerprint density at radius 1 is 1.38 bits per heavy atom. The summed E-state index contributed by atoms with van der Waals surface area (Å²) in [5.41, 5.74) is 0. The average Bonchev–Trinajstić information content (AvgIpc) is 3.00. The standard InChI is InChI=1S/C18H27FN4O2.HI/c1-2-20-18(21-9-5-12-23-11-4-8-17(23)24)22-10-13-25-16-7-3-6-15(19)14-16;/h3,6-7,14H,2,4-5,8-13H2,1H3,(H2,20,21,22);1H. The Bertz CT molecular complexity index is 586. The van der Waals surface area contributed by atoms with Crippen molar-refractivity contribution in [1.29, 1.82) is 0 Å². The van der Waals surface area contributed by atoms with Crippen molar-refractivity contribution in [3.8, 4) is 5.75 Å². The Balaban J connectivity index is 0.00000338. The minimum Gasteiger partial charge on any atom is -0.492 e. The summed E-state index contributed by atoms with van der Waals surface area (Å²) in [6, 6.07) is 6.09. The topological polar surface area (TPSA) is 66.0 Å². The maximum Gasteiger partial charge on any atom is 0.222 e. The fourth-order valence-electron chi connectivity index (χ4n) is 2.63. The number of likely N-dealkylation sites (tertiary alicyclic amines) is 1. The van der Waals surface area contributed by atoms with Crippen LogP contribution in [0.2, 0.25) is 0 Å². The van der Waals surface area contributed by atoms with E-state index in [-0.39, 0.29) is 35.7 Å². The monoisotopic (exact) mass is 478 g/mol. The van der Waals surface area contributed by atoms with Crippen LogP contribution in [0.15, 0.2) is 29.3 Å². The Labute approximate surface area is 171 Å². The molecule has 26 heavy (non-hydrogen) atoms. The van der Waals surface area contributed by atoms with Gasteiger partial charge in [0, 0.05) is 38.7 Å². The number of aliphatic imine (C=N–C) groups is 1. The van der Waals surface area contributed by atoms with Gasteiger partial charge >= 0.3 is 0 Å². The van der Waals surface area contributed by atoms with Gasteiger partial charge in [0.05, 0.1) is 6.54 Å². The number of ether oxygens (including phenoxy) is 1. The molecule has 1 heterocycles. The Hall–Kier alpha value is -1.58. The maximum atomic E-state index is 13.1. The maximum absolute atomic E-state index is 13.1. The number of halogens is 2. The molecule has 0 aliphatic carbocycles. The van der Waals surface area contributed by atoms with Gasteiger partial charge in [0.25, 0.3) is 0 Å². The van der Waals surface area contributed by atoms with Crippen LogP contribution in [0.25, 0.3) is 0 Å². The highest BCUT2D eigenvalue weighted by atomic mass is 127. The molecule has 2 N–H and O–H groups in total. The summed E-state index contributed by atoms with van der Waals surface area (Å²) in [6.07, 6.45) is 2.50. The summed E-state index contributed by atoms with van der Waals surface area (Å²) in [5, 5.41) is 6.35. The van der Waals surface area contributed by atoms with Gasteiger partial charge in [-0.15, -0.1) is 24.0 Å². The first kappa shape index (κ1) is 22.5. The van der Waals surface area contributed by atoms with Gasteiger partial charge in [-0.1, -0.05) is 6.07 Å². The van der Waals surface area contributed by atoms with Crippen molar-refractivity contribution in [2.45, 2.75) is 26.2 Å². The molecular weight excluding hydrogens is 450 g/mol. The lowest BCUT2D eigenvalue weighted by atomic mass is 10.3. The Morgan fingerprint density at radius 3 is 2.92 bits per heavy atom. The molecule has 146 valence electrons. The summed E-state index contributed by atoms with van der Waals surface area (Å²) >= 11 is 0. The third-order valence-electron chi connectivity index (χ3n) is 3.83. The summed E-state index contributed by atoms with van der Waals surface area (Å²) in [4.78, 5) is 17.9. The van der Waals surface area contributed by atoms with Crippen LogP contribution in [0.3, 0.4) is 0 Å². The van der Waals surface area contributed by atoms with Crippen LogP contribution in [0, 0.1) is 5.82 Å². The molecule has 0 bridgehead atoms. The molecule has 2 rings (SSSR count). The number of hydrogen-bond donors (Lipinski definition) is 2. The van der Waals surface area contributed by atoms with Crippen LogP contribution < -0.4 is 15.4 Å². The van der Waals surface area contributed by atoms with Crippen molar-refractivity contribution in [3.05, 3.63) is 30.1 Å². The number of rotatable bonds is 9. The van der Waals surface area contributed by atoms with Gasteiger partial charge in [-0.2, -0.15) is 0 Å². The van der Waals surface area contributed by atoms with E-state index in [0.717, 1.165) is 38.4 Å². The van der Waals surface area contributed by atoms with E-state index in [4.69, 9.17) is 4.74 Å². The fraction of sp³-hybridized carbons (Fsp3) is 0.556. The van der Waals surface area contributed by atoms with E-state index in [1.807, 2.05) is 11.8 Å². The lowest BCUT2D eigenvalue weighted by molar-refractivity contribution is -0.127. The molecule has 1 aliphatic heterocycles. The first-order valence-electron chi connectivity index (χ1n) is 8.87.